The molecule has 20 heavy (non-hydrogen) atoms. The first kappa shape index (κ1) is 15.1. The minimum atomic E-state index is -0.230. The lowest BCUT2D eigenvalue weighted by atomic mass is 9.96. The molecule has 4 N–H and O–H groups in total. The summed E-state index contributed by atoms with van der Waals surface area (Å²) in [5.74, 6) is -0.0426. The number of hydrogen-bond donors (Lipinski definition) is 3. The smallest absolute Gasteiger partial charge is 0.315 e. The van der Waals surface area contributed by atoms with Gasteiger partial charge in [0.1, 0.15) is 0 Å². The molecule has 2 fully saturated rings. The summed E-state index contributed by atoms with van der Waals surface area (Å²) in [6.07, 6.45) is 7.61. The lowest BCUT2D eigenvalue weighted by Gasteiger charge is -2.31. The zero-order chi connectivity index (χ0) is 14.4. The van der Waals surface area contributed by atoms with Crippen LogP contribution in [0.3, 0.4) is 0 Å². The average Bonchev–Trinajstić information content (AvgIpc) is 2.46. The van der Waals surface area contributed by atoms with Crippen molar-refractivity contribution < 1.29 is 9.59 Å². The summed E-state index contributed by atoms with van der Waals surface area (Å²) in [6, 6.07) is 0.109. The van der Waals surface area contributed by atoms with Crippen molar-refractivity contribution >= 4 is 11.9 Å². The summed E-state index contributed by atoms with van der Waals surface area (Å²) >= 11 is 0. The third-order valence-corrected chi connectivity index (χ3v) is 4.15. The topological polar surface area (TPSA) is 87.5 Å². The van der Waals surface area contributed by atoms with Crippen molar-refractivity contribution in [2.45, 2.75) is 57.0 Å². The minimum absolute atomic E-state index is 0.0426. The number of rotatable bonds is 3. The maximum absolute atomic E-state index is 12.0. The van der Waals surface area contributed by atoms with Crippen LogP contribution in [0.15, 0.2) is 0 Å². The summed E-state index contributed by atoms with van der Waals surface area (Å²) in [5.41, 5.74) is 5.85. The summed E-state index contributed by atoms with van der Waals surface area (Å²) in [5, 5.41) is 5.60. The molecule has 6 heteroatoms. The highest BCUT2D eigenvalue weighted by Gasteiger charge is 2.22. The SMILES string of the molecule is NC1CCCN(C(=O)CNC(=O)NC2CCCCC2)C1. The lowest BCUT2D eigenvalue weighted by Crippen LogP contribution is -2.51. The molecule has 114 valence electrons. The average molecular weight is 282 g/mol. The van der Waals surface area contributed by atoms with Gasteiger partial charge in [0.25, 0.3) is 0 Å². The quantitative estimate of drug-likeness (QED) is 0.707. The normalized spacial score (nSPS) is 24.2. The van der Waals surface area contributed by atoms with E-state index >= 15 is 0 Å². The van der Waals surface area contributed by atoms with Crippen molar-refractivity contribution in [1.82, 2.24) is 15.5 Å². The second-order valence-electron chi connectivity index (χ2n) is 5.90. The van der Waals surface area contributed by atoms with Gasteiger partial charge in [-0.05, 0) is 25.7 Å². The highest BCUT2D eigenvalue weighted by Crippen LogP contribution is 2.17. The van der Waals surface area contributed by atoms with Crippen LogP contribution in [0.1, 0.15) is 44.9 Å². The summed E-state index contributed by atoms with van der Waals surface area (Å²) in [6.45, 7) is 1.41. The molecule has 0 aromatic carbocycles. The van der Waals surface area contributed by atoms with Crippen molar-refractivity contribution in [2.24, 2.45) is 5.73 Å². The van der Waals surface area contributed by atoms with E-state index in [1.807, 2.05) is 0 Å². The Morgan fingerprint density at radius 3 is 2.55 bits per heavy atom. The predicted molar refractivity (Wildman–Crippen MR) is 77.2 cm³/mol. The molecule has 0 radical (unpaired) electrons. The maximum atomic E-state index is 12.0. The van der Waals surface area contributed by atoms with Crippen LogP contribution in [0.4, 0.5) is 4.79 Å². The summed E-state index contributed by atoms with van der Waals surface area (Å²) in [7, 11) is 0. The second kappa shape index (κ2) is 7.47. The summed E-state index contributed by atoms with van der Waals surface area (Å²) in [4.78, 5) is 25.5. The largest absolute Gasteiger partial charge is 0.340 e. The lowest BCUT2D eigenvalue weighted by molar-refractivity contribution is -0.131. The van der Waals surface area contributed by atoms with Gasteiger partial charge in [-0.2, -0.15) is 0 Å². The molecule has 0 aromatic rings. The standard InChI is InChI=1S/C14H26N4O2/c15-11-5-4-8-18(10-11)13(19)9-16-14(20)17-12-6-2-1-3-7-12/h11-12H,1-10,15H2,(H2,16,17,20). The first-order chi connectivity index (χ1) is 9.65. The maximum Gasteiger partial charge on any atom is 0.315 e. The molecular weight excluding hydrogens is 256 g/mol. The molecular formula is C14H26N4O2. The molecule has 6 nitrogen and oxygen atoms in total. The van der Waals surface area contributed by atoms with E-state index in [0.29, 0.717) is 6.54 Å². The molecule has 1 aliphatic heterocycles. The molecule has 3 amide bonds. The fourth-order valence-corrected chi connectivity index (χ4v) is 2.99. The Morgan fingerprint density at radius 2 is 1.85 bits per heavy atom. The van der Waals surface area contributed by atoms with E-state index in [1.165, 1.54) is 19.3 Å². The number of carbonyl (C=O) groups is 2. The zero-order valence-electron chi connectivity index (χ0n) is 12.1. The fourth-order valence-electron chi connectivity index (χ4n) is 2.99. The highest BCUT2D eigenvalue weighted by atomic mass is 16.2. The Labute approximate surface area is 120 Å². The van der Waals surface area contributed by atoms with Crippen LogP contribution in [-0.4, -0.2) is 48.6 Å². The predicted octanol–water partition coefficient (Wildman–Crippen LogP) is 0.568. The molecule has 0 spiro atoms. The molecule has 1 saturated heterocycles. The van der Waals surface area contributed by atoms with Gasteiger partial charge in [0, 0.05) is 25.2 Å². The minimum Gasteiger partial charge on any atom is -0.340 e. The Morgan fingerprint density at radius 1 is 1.10 bits per heavy atom. The number of likely N-dealkylation sites (tertiary alicyclic amines) is 1. The van der Waals surface area contributed by atoms with Crippen LogP contribution < -0.4 is 16.4 Å². The van der Waals surface area contributed by atoms with E-state index in [-0.39, 0.29) is 30.6 Å². The number of nitrogens with two attached hydrogens (primary N) is 1. The van der Waals surface area contributed by atoms with Crippen molar-refractivity contribution in [3.63, 3.8) is 0 Å². The molecule has 1 unspecified atom stereocenters. The van der Waals surface area contributed by atoms with Gasteiger partial charge in [-0.25, -0.2) is 4.79 Å². The second-order valence-corrected chi connectivity index (χ2v) is 5.90. The molecule has 1 saturated carbocycles. The van der Waals surface area contributed by atoms with Crippen LogP contribution in [-0.2, 0) is 4.79 Å². The van der Waals surface area contributed by atoms with Gasteiger partial charge in [-0.3, -0.25) is 4.79 Å². The third-order valence-electron chi connectivity index (χ3n) is 4.15. The monoisotopic (exact) mass is 282 g/mol. The van der Waals surface area contributed by atoms with Crippen LogP contribution in [0, 0.1) is 0 Å². The van der Waals surface area contributed by atoms with Crippen molar-refractivity contribution in [2.75, 3.05) is 19.6 Å². The van der Waals surface area contributed by atoms with E-state index in [4.69, 9.17) is 5.73 Å². The third kappa shape index (κ3) is 4.67. The number of amides is 3. The Balaban J connectivity index is 1.65. The van der Waals surface area contributed by atoms with Crippen molar-refractivity contribution in [1.29, 1.82) is 0 Å². The van der Waals surface area contributed by atoms with E-state index in [1.54, 1.807) is 4.90 Å². The van der Waals surface area contributed by atoms with Crippen LogP contribution >= 0.6 is 0 Å². The molecule has 2 aliphatic rings. The van der Waals surface area contributed by atoms with E-state index in [2.05, 4.69) is 10.6 Å². The van der Waals surface area contributed by atoms with E-state index in [9.17, 15) is 9.59 Å². The molecule has 1 aliphatic carbocycles. The summed E-state index contributed by atoms with van der Waals surface area (Å²) < 4.78 is 0. The Kier molecular flexibility index (Phi) is 5.64. The van der Waals surface area contributed by atoms with E-state index in [0.717, 1.165) is 32.2 Å². The molecule has 1 heterocycles. The highest BCUT2D eigenvalue weighted by molar-refractivity contribution is 5.84. The number of carbonyl (C=O) groups excluding carboxylic acids is 2. The fraction of sp³-hybridized carbons (Fsp3) is 0.857. The van der Waals surface area contributed by atoms with E-state index < -0.39 is 0 Å². The van der Waals surface area contributed by atoms with Gasteiger partial charge in [0.05, 0.1) is 6.54 Å². The van der Waals surface area contributed by atoms with Gasteiger partial charge in [-0.1, -0.05) is 19.3 Å². The van der Waals surface area contributed by atoms with Gasteiger partial charge in [-0.15, -0.1) is 0 Å². The van der Waals surface area contributed by atoms with Gasteiger partial charge >= 0.3 is 6.03 Å². The Hall–Kier alpha value is -1.30. The number of piperidine rings is 1. The molecule has 1 atom stereocenters. The van der Waals surface area contributed by atoms with Gasteiger partial charge < -0.3 is 21.3 Å². The van der Waals surface area contributed by atoms with Crippen LogP contribution in [0.25, 0.3) is 0 Å². The van der Waals surface area contributed by atoms with Crippen molar-refractivity contribution in [3.8, 4) is 0 Å². The van der Waals surface area contributed by atoms with Gasteiger partial charge in [0.15, 0.2) is 0 Å². The van der Waals surface area contributed by atoms with Crippen LogP contribution in [0.2, 0.25) is 0 Å². The molecule has 0 bridgehead atoms. The number of urea groups is 1. The first-order valence-electron chi connectivity index (χ1n) is 7.73. The zero-order valence-corrected chi connectivity index (χ0v) is 12.1. The van der Waals surface area contributed by atoms with Crippen molar-refractivity contribution in [3.05, 3.63) is 0 Å². The number of hydrogen-bond acceptors (Lipinski definition) is 3. The molecule has 0 aromatic heterocycles. The molecule has 2 rings (SSSR count). The number of nitrogens with one attached hydrogen (secondary N) is 2. The van der Waals surface area contributed by atoms with Gasteiger partial charge in [0.2, 0.25) is 5.91 Å². The number of nitrogens with zero attached hydrogens (tertiary/aromatic N) is 1. The van der Waals surface area contributed by atoms with Crippen LogP contribution in [0.5, 0.6) is 0 Å². The first-order valence-corrected chi connectivity index (χ1v) is 7.73. The Bertz CT molecular complexity index is 342.